The van der Waals surface area contributed by atoms with Crippen LogP contribution in [-0.4, -0.2) is 18.5 Å². The zero-order valence-electron chi connectivity index (χ0n) is 15.4. The lowest BCUT2D eigenvalue weighted by molar-refractivity contribution is -0.118. The molecule has 29 heavy (non-hydrogen) atoms. The predicted molar refractivity (Wildman–Crippen MR) is 110 cm³/mol. The first-order valence-corrected chi connectivity index (χ1v) is 9.78. The predicted octanol–water partition coefficient (Wildman–Crippen LogP) is 4.77. The molecular formula is C21H19F2N3O2S. The van der Waals surface area contributed by atoms with E-state index in [9.17, 15) is 18.4 Å². The highest BCUT2D eigenvalue weighted by Gasteiger charge is 2.20. The van der Waals surface area contributed by atoms with Crippen LogP contribution in [0.1, 0.15) is 11.3 Å². The zero-order chi connectivity index (χ0) is 20.6. The Kier molecular flexibility index (Phi) is 6.91. The second-order valence-corrected chi connectivity index (χ2v) is 7.18. The largest absolute Gasteiger partial charge is 0.337 e. The number of benzene rings is 2. The lowest BCUT2D eigenvalue weighted by Gasteiger charge is -2.23. The average Bonchev–Trinajstić information content (AvgIpc) is 3.20. The molecule has 0 fully saturated rings. The van der Waals surface area contributed by atoms with Crippen molar-refractivity contribution in [1.29, 1.82) is 0 Å². The quantitative estimate of drug-likeness (QED) is 0.584. The van der Waals surface area contributed by atoms with Gasteiger partial charge in [0.2, 0.25) is 5.91 Å². The molecule has 150 valence electrons. The Balaban J connectivity index is 1.62. The van der Waals surface area contributed by atoms with Crippen molar-refractivity contribution >= 4 is 34.6 Å². The molecule has 0 aliphatic rings. The lowest BCUT2D eigenvalue weighted by Crippen LogP contribution is -2.36. The number of halogens is 2. The molecule has 0 aliphatic carbocycles. The van der Waals surface area contributed by atoms with E-state index >= 15 is 0 Å². The topological polar surface area (TPSA) is 61.4 Å². The van der Waals surface area contributed by atoms with E-state index in [1.54, 1.807) is 24.3 Å². The summed E-state index contributed by atoms with van der Waals surface area (Å²) in [5.41, 5.74) is 0.627. The van der Waals surface area contributed by atoms with E-state index in [2.05, 4.69) is 10.6 Å². The van der Waals surface area contributed by atoms with E-state index in [1.807, 2.05) is 23.6 Å². The van der Waals surface area contributed by atoms with E-state index in [-0.39, 0.29) is 31.1 Å². The van der Waals surface area contributed by atoms with Crippen LogP contribution >= 0.6 is 11.3 Å². The second kappa shape index (κ2) is 9.79. The number of para-hydroxylation sites is 1. The van der Waals surface area contributed by atoms with Crippen molar-refractivity contribution in [2.45, 2.75) is 13.0 Å². The minimum absolute atomic E-state index is 0.00135. The average molecular weight is 415 g/mol. The van der Waals surface area contributed by atoms with Gasteiger partial charge < -0.3 is 15.5 Å². The maximum atomic E-state index is 14.3. The molecule has 3 amide bonds. The van der Waals surface area contributed by atoms with Gasteiger partial charge in [-0.15, -0.1) is 11.3 Å². The van der Waals surface area contributed by atoms with Crippen LogP contribution in [0.3, 0.4) is 0 Å². The number of urea groups is 1. The number of amides is 3. The SMILES string of the molecule is O=C(NCCC(=O)N(Cc1cccs1)c1ccc(F)cc1F)Nc1ccccc1. The Bertz CT molecular complexity index is 965. The zero-order valence-corrected chi connectivity index (χ0v) is 16.2. The van der Waals surface area contributed by atoms with Crippen molar-refractivity contribution in [3.05, 3.63) is 82.6 Å². The van der Waals surface area contributed by atoms with Crippen molar-refractivity contribution in [2.75, 3.05) is 16.8 Å². The molecule has 8 heteroatoms. The Morgan fingerprint density at radius 2 is 1.79 bits per heavy atom. The van der Waals surface area contributed by atoms with Gasteiger partial charge in [0.1, 0.15) is 11.6 Å². The molecule has 0 saturated carbocycles. The highest BCUT2D eigenvalue weighted by atomic mass is 32.1. The van der Waals surface area contributed by atoms with Crippen LogP contribution in [0.2, 0.25) is 0 Å². The van der Waals surface area contributed by atoms with Gasteiger partial charge in [-0.25, -0.2) is 13.6 Å². The van der Waals surface area contributed by atoms with Gasteiger partial charge in [0.25, 0.3) is 0 Å². The van der Waals surface area contributed by atoms with Crippen LogP contribution in [0, 0.1) is 11.6 Å². The molecule has 1 aromatic heterocycles. The van der Waals surface area contributed by atoms with Crippen LogP contribution in [0.15, 0.2) is 66.0 Å². The Morgan fingerprint density at radius 3 is 2.48 bits per heavy atom. The van der Waals surface area contributed by atoms with Gasteiger partial charge in [-0.05, 0) is 35.7 Å². The summed E-state index contributed by atoms with van der Waals surface area (Å²) in [6, 6.07) is 15.2. The van der Waals surface area contributed by atoms with Gasteiger partial charge in [-0.3, -0.25) is 4.79 Å². The number of rotatable bonds is 7. The smallest absolute Gasteiger partial charge is 0.319 e. The molecule has 3 aromatic rings. The van der Waals surface area contributed by atoms with Crippen LogP contribution in [0.4, 0.5) is 25.0 Å². The van der Waals surface area contributed by atoms with Crippen molar-refractivity contribution < 1.29 is 18.4 Å². The lowest BCUT2D eigenvalue weighted by atomic mass is 10.2. The molecule has 2 aromatic carbocycles. The number of carbonyl (C=O) groups is 2. The highest BCUT2D eigenvalue weighted by Crippen LogP contribution is 2.24. The molecule has 0 unspecified atom stereocenters. The van der Waals surface area contributed by atoms with Crippen molar-refractivity contribution in [2.24, 2.45) is 0 Å². The molecule has 0 radical (unpaired) electrons. The van der Waals surface area contributed by atoms with Crippen molar-refractivity contribution in [3.8, 4) is 0 Å². The summed E-state index contributed by atoms with van der Waals surface area (Å²) in [7, 11) is 0. The number of hydrogen-bond donors (Lipinski definition) is 2. The van der Waals surface area contributed by atoms with Crippen LogP contribution in [-0.2, 0) is 11.3 Å². The van der Waals surface area contributed by atoms with Gasteiger partial charge in [-0.2, -0.15) is 0 Å². The summed E-state index contributed by atoms with van der Waals surface area (Å²) in [5.74, 6) is -1.91. The third-order valence-electron chi connectivity index (χ3n) is 4.05. The summed E-state index contributed by atoms with van der Waals surface area (Å²) in [5, 5.41) is 7.11. The fraction of sp³-hybridized carbons (Fsp3) is 0.143. The van der Waals surface area contributed by atoms with Gasteiger partial charge in [-0.1, -0.05) is 24.3 Å². The molecule has 3 rings (SSSR count). The van der Waals surface area contributed by atoms with Crippen LogP contribution in [0.25, 0.3) is 0 Å². The highest BCUT2D eigenvalue weighted by molar-refractivity contribution is 7.09. The van der Waals surface area contributed by atoms with Crippen LogP contribution in [0.5, 0.6) is 0 Å². The summed E-state index contributed by atoms with van der Waals surface area (Å²) in [6.07, 6.45) is -0.0373. The molecule has 0 aliphatic heterocycles. The maximum absolute atomic E-state index is 14.3. The standard InChI is InChI=1S/C21H19F2N3O2S/c22-15-8-9-19(18(23)13-15)26(14-17-7-4-12-29-17)20(27)10-11-24-21(28)25-16-5-2-1-3-6-16/h1-9,12-13H,10-11,14H2,(H2,24,25,28). The summed E-state index contributed by atoms with van der Waals surface area (Å²) < 4.78 is 27.5. The van der Waals surface area contributed by atoms with Gasteiger partial charge in [0.15, 0.2) is 0 Å². The van der Waals surface area contributed by atoms with E-state index in [4.69, 9.17) is 0 Å². The van der Waals surface area contributed by atoms with Gasteiger partial charge in [0.05, 0.1) is 12.2 Å². The van der Waals surface area contributed by atoms with Gasteiger partial charge in [0, 0.05) is 29.6 Å². The number of carbonyl (C=O) groups excluding carboxylic acids is 2. The Labute approximate surface area is 171 Å². The number of anilines is 2. The third-order valence-corrected chi connectivity index (χ3v) is 4.91. The second-order valence-electron chi connectivity index (χ2n) is 6.15. The van der Waals surface area contributed by atoms with Gasteiger partial charge >= 0.3 is 6.03 Å². The Morgan fingerprint density at radius 1 is 1.00 bits per heavy atom. The van der Waals surface area contributed by atoms with Crippen LogP contribution < -0.4 is 15.5 Å². The number of nitrogens with one attached hydrogen (secondary N) is 2. The van der Waals surface area contributed by atoms with Crippen molar-refractivity contribution in [1.82, 2.24) is 5.32 Å². The minimum Gasteiger partial charge on any atom is -0.337 e. The molecule has 1 heterocycles. The summed E-state index contributed by atoms with van der Waals surface area (Å²) in [6.45, 7) is 0.233. The van der Waals surface area contributed by atoms with E-state index in [1.165, 1.54) is 22.3 Å². The fourth-order valence-corrected chi connectivity index (χ4v) is 3.37. The first-order valence-electron chi connectivity index (χ1n) is 8.90. The Hall–Kier alpha value is -3.26. The molecule has 0 spiro atoms. The molecule has 0 bridgehead atoms. The first kappa shape index (κ1) is 20.5. The summed E-state index contributed by atoms with van der Waals surface area (Å²) >= 11 is 1.43. The number of thiophene rings is 1. The number of hydrogen-bond acceptors (Lipinski definition) is 3. The van der Waals surface area contributed by atoms with E-state index in [0.29, 0.717) is 5.69 Å². The minimum atomic E-state index is -0.815. The molecular weight excluding hydrogens is 396 g/mol. The fourth-order valence-electron chi connectivity index (χ4n) is 2.68. The molecule has 0 saturated heterocycles. The van der Waals surface area contributed by atoms with Crippen molar-refractivity contribution in [3.63, 3.8) is 0 Å². The summed E-state index contributed by atoms with van der Waals surface area (Å²) in [4.78, 5) is 26.8. The maximum Gasteiger partial charge on any atom is 0.319 e. The molecule has 5 nitrogen and oxygen atoms in total. The van der Waals surface area contributed by atoms with E-state index < -0.39 is 17.7 Å². The third kappa shape index (κ3) is 5.86. The molecule has 2 N–H and O–H groups in total. The van der Waals surface area contributed by atoms with E-state index in [0.717, 1.165) is 17.0 Å². The number of nitrogens with zero attached hydrogens (tertiary/aromatic N) is 1. The monoisotopic (exact) mass is 415 g/mol. The first-order chi connectivity index (χ1) is 14.0. The molecule has 0 atom stereocenters. The normalized spacial score (nSPS) is 10.4.